The van der Waals surface area contributed by atoms with E-state index in [9.17, 15) is 4.39 Å². The molecule has 0 bridgehead atoms. The first-order valence-electron chi connectivity index (χ1n) is 5.45. The fourth-order valence-corrected chi connectivity index (χ4v) is 3.67. The van der Waals surface area contributed by atoms with E-state index in [-0.39, 0.29) is 0 Å². The van der Waals surface area contributed by atoms with E-state index in [0.717, 1.165) is 20.1 Å². The van der Waals surface area contributed by atoms with Gasteiger partial charge < -0.3 is 0 Å². The van der Waals surface area contributed by atoms with E-state index < -0.39 is 11.2 Å². The number of alkyl halides is 1. The van der Waals surface area contributed by atoms with Crippen molar-refractivity contribution < 1.29 is 4.39 Å². The van der Waals surface area contributed by atoms with Gasteiger partial charge in [-0.2, -0.15) is 0 Å². The van der Waals surface area contributed by atoms with Crippen LogP contribution in [-0.2, 0) is 0 Å². The number of halogens is 5. The minimum Gasteiger partial charge on any atom is -0.207 e. The lowest BCUT2D eigenvalue weighted by Gasteiger charge is -2.16. The van der Waals surface area contributed by atoms with Gasteiger partial charge >= 0.3 is 0 Å². The second-order valence-corrected chi connectivity index (χ2v) is 6.67. The van der Waals surface area contributed by atoms with Crippen LogP contribution in [0.25, 0.3) is 0 Å². The highest BCUT2D eigenvalue weighted by Crippen LogP contribution is 2.40. The van der Waals surface area contributed by atoms with Crippen molar-refractivity contribution in [2.75, 3.05) is 0 Å². The maximum Gasteiger partial charge on any atom is 0.129 e. The lowest BCUT2D eigenvalue weighted by atomic mass is 10.0. The van der Waals surface area contributed by atoms with Gasteiger partial charge in [0, 0.05) is 19.5 Å². The first-order valence-corrected chi connectivity index (χ1v) is 7.85. The summed E-state index contributed by atoms with van der Waals surface area (Å²) in [7, 11) is 0. The van der Waals surface area contributed by atoms with Crippen molar-refractivity contribution in [3.05, 3.63) is 66.8 Å². The van der Waals surface area contributed by atoms with Crippen LogP contribution in [0.4, 0.5) is 4.39 Å². The largest absolute Gasteiger partial charge is 0.207 e. The third kappa shape index (κ3) is 3.15. The average Bonchev–Trinajstić information content (AvgIpc) is 2.33. The van der Waals surface area contributed by atoms with E-state index in [2.05, 4.69) is 31.9 Å². The molecule has 0 fully saturated rings. The van der Waals surface area contributed by atoms with Gasteiger partial charge in [-0.1, -0.05) is 49.5 Å². The Balaban J connectivity index is 2.56. The summed E-state index contributed by atoms with van der Waals surface area (Å²) < 4.78 is 15.6. The van der Waals surface area contributed by atoms with Crippen molar-refractivity contribution >= 4 is 55.1 Å². The van der Waals surface area contributed by atoms with Gasteiger partial charge in [0.05, 0.1) is 5.38 Å². The molecule has 5 heteroatoms. The Kier molecular flexibility index (Phi) is 4.93. The van der Waals surface area contributed by atoms with Crippen LogP contribution in [0.2, 0.25) is 5.02 Å². The molecule has 100 valence electrons. The molecule has 2 aromatic carbocycles. The zero-order valence-corrected chi connectivity index (χ0v) is 14.5. The molecule has 0 radical (unpaired) electrons. The zero-order chi connectivity index (χ0) is 14.2. The van der Waals surface area contributed by atoms with E-state index >= 15 is 0 Å². The lowest BCUT2D eigenvalue weighted by Crippen LogP contribution is -2.00. The molecule has 0 nitrogen and oxygen atoms in total. The quantitative estimate of drug-likeness (QED) is 0.472. The zero-order valence-electron chi connectivity index (χ0n) is 9.85. The standard InChI is InChI=1S/C14H9Br2Cl2F/c1-7-5-10(16)8(6-9(7)15)14(18)13-11(17)3-2-4-12(13)19/h2-6,14H,1H3. The topological polar surface area (TPSA) is 0 Å². The summed E-state index contributed by atoms with van der Waals surface area (Å²) in [5.41, 5.74) is 2.13. The molecule has 0 heterocycles. The first-order chi connectivity index (χ1) is 8.91. The molecule has 1 atom stereocenters. The van der Waals surface area contributed by atoms with E-state index in [4.69, 9.17) is 23.2 Å². The van der Waals surface area contributed by atoms with Gasteiger partial charge in [0.2, 0.25) is 0 Å². The van der Waals surface area contributed by atoms with Gasteiger partial charge in [-0.05, 0) is 42.3 Å². The number of rotatable bonds is 2. The van der Waals surface area contributed by atoms with E-state index in [0.29, 0.717) is 10.6 Å². The molecular weight excluding hydrogens is 418 g/mol. The van der Waals surface area contributed by atoms with E-state index in [1.54, 1.807) is 12.1 Å². The van der Waals surface area contributed by atoms with Gasteiger partial charge in [0.25, 0.3) is 0 Å². The fraction of sp³-hybridized carbons (Fsp3) is 0.143. The van der Waals surface area contributed by atoms with Gasteiger partial charge in [0.1, 0.15) is 5.82 Å². The Morgan fingerprint density at radius 2 is 1.84 bits per heavy atom. The molecular formula is C14H9Br2Cl2F. The SMILES string of the molecule is Cc1cc(Br)c(C(Cl)c2c(F)cccc2Cl)cc1Br. The summed E-state index contributed by atoms with van der Waals surface area (Å²) in [6.45, 7) is 1.97. The molecule has 0 saturated carbocycles. The van der Waals surface area contributed by atoms with Crippen LogP contribution < -0.4 is 0 Å². The molecule has 0 N–H and O–H groups in total. The molecule has 0 amide bonds. The molecule has 0 aliphatic rings. The van der Waals surface area contributed by atoms with Crippen molar-refractivity contribution in [2.45, 2.75) is 12.3 Å². The third-order valence-corrected chi connectivity index (χ3v) is 5.13. The van der Waals surface area contributed by atoms with Gasteiger partial charge in [-0.3, -0.25) is 0 Å². The minimum absolute atomic E-state index is 0.294. The Morgan fingerprint density at radius 1 is 1.16 bits per heavy atom. The summed E-state index contributed by atoms with van der Waals surface area (Å²) in [6, 6.07) is 8.36. The van der Waals surface area contributed by atoms with Crippen LogP contribution in [0, 0.1) is 12.7 Å². The number of benzene rings is 2. The number of hydrogen-bond donors (Lipinski definition) is 0. The monoisotopic (exact) mass is 424 g/mol. The highest BCUT2D eigenvalue weighted by molar-refractivity contribution is 9.11. The third-order valence-electron chi connectivity index (χ3n) is 2.80. The summed E-state index contributed by atoms with van der Waals surface area (Å²) in [5, 5.41) is -0.330. The molecule has 2 aromatic rings. The van der Waals surface area contributed by atoms with Gasteiger partial charge in [0.15, 0.2) is 0 Å². The Morgan fingerprint density at radius 3 is 2.47 bits per heavy atom. The lowest BCUT2D eigenvalue weighted by molar-refractivity contribution is 0.612. The number of aryl methyl sites for hydroxylation is 1. The fourth-order valence-electron chi connectivity index (χ4n) is 1.76. The highest BCUT2D eigenvalue weighted by atomic mass is 79.9. The first kappa shape index (κ1) is 15.3. The second kappa shape index (κ2) is 6.13. The molecule has 19 heavy (non-hydrogen) atoms. The molecule has 0 saturated heterocycles. The molecule has 0 spiro atoms. The summed E-state index contributed by atoms with van der Waals surface area (Å²) in [5.74, 6) is -0.406. The molecule has 0 aliphatic carbocycles. The van der Waals surface area contributed by atoms with Crippen molar-refractivity contribution in [1.82, 2.24) is 0 Å². The maximum absolute atomic E-state index is 13.9. The van der Waals surface area contributed by atoms with Crippen LogP contribution in [0.1, 0.15) is 22.1 Å². The van der Waals surface area contributed by atoms with Crippen molar-refractivity contribution in [3.8, 4) is 0 Å². The minimum atomic E-state index is -0.653. The van der Waals surface area contributed by atoms with Crippen LogP contribution >= 0.6 is 55.1 Å². The van der Waals surface area contributed by atoms with Gasteiger partial charge in [-0.25, -0.2) is 4.39 Å². The van der Waals surface area contributed by atoms with Crippen molar-refractivity contribution in [1.29, 1.82) is 0 Å². The van der Waals surface area contributed by atoms with Gasteiger partial charge in [-0.15, -0.1) is 11.6 Å². The van der Waals surface area contributed by atoms with Crippen LogP contribution in [-0.4, -0.2) is 0 Å². The molecule has 0 aromatic heterocycles. The predicted molar refractivity (Wildman–Crippen MR) is 85.7 cm³/mol. The number of hydrogen-bond acceptors (Lipinski definition) is 0. The molecule has 1 unspecified atom stereocenters. The highest BCUT2D eigenvalue weighted by Gasteiger charge is 2.21. The Hall–Kier alpha value is -0.0900. The van der Waals surface area contributed by atoms with E-state index in [1.165, 1.54) is 6.07 Å². The Labute approximate surface area is 138 Å². The smallest absolute Gasteiger partial charge is 0.129 e. The predicted octanol–water partition coefficient (Wildman–Crippen LogP) is 6.64. The van der Waals surface area contributed by atoms with E-state index in [1.807, 2.05) is 19.1 Å². The summed E-state index contributed by atoms with van der Waals surface area (Å²) in [6.07, 6.45) is 0. The van der Waals surface area contributed by atoms with Crippen molar-refractivity contribution in [2.24, 2.45) is 0 Å². The second-order valence-electron chi connectivity index (χ2n) is 4.12. The average molecular weight is 427 g/mol. The molecule has 2 rings (SSSR count). The Bertz CT molecular complexity index is 609. The summed E-state index contributed by atoms with van der Waals surface area (Å²) >= 11 is 19.4. The van der Waals surface area contributed by atoms with Crippen LogP contribution in [0.3, 0.4) is 0 Å². The summed E-state index contributed by atoms with van der Waals surface area (Å²) in [4.78, 5) is 0. The van der Waals surface area contributed by atoms with Crippen LogP contribution in [0.15, 0.2) is 39.3 Å². The maximum atomic E-state index is 13.9. The normalized spacial score (nSPS) is 12.5. The van der Waals surface area contributed by atoms with Crippen molar-refractivity contribution in [3.63, 3.8) is 0 Å². The molecule has 0 aliphatic heterocycles. The van der Waals surface area contributed by atoms with Crippen LogP contribution in [0.5, 0.6) is 0 Å².